The van der Waals surface area contributed by atoms with Crippen LogP contribution in [0, 0.1) is 16.0 Å². The molecule has 0 spiro atoms. The van der Waals surface area contributed by atoms with Gasteiger partial charge in [-0.1, -0.05) is 12.8 Å². The number of carbonyl (C=O) groups is 1. The molecule has 6 heteroatoms. The van der Waals surface area contributed by atoms with E-state index < -0.39 is 10.9 Å². The lowest BCUT2D eigenvalue weighted by Gasteiger charge is -2.21. The van der Waals surface area contributed by atoms with E-state index in [1.165, 1.54) is 38.2 Å². The molecule has 1 atom stereocenters. The molecule has 21 heavy (non-hydrogen) atoms. The van der Waals surface area contributed by atoms with Crippen LogP contribution in [0.4, 0.5) is 11.4 Å². The number of nitro benzene ring substituents is 1. The van der Waals surface area contributed by atoms with Gasteiger partial charge in [-0.2, -0.15) is 0 Å². The van der Waals surface area contributed by atoms with Crippen LogP contribution in [0.15, 0.2) is 18.2 Å². The molecule has 1 N–H and O–H groups in total. The van der Waals surface area contributed by atoms with Crippen molar-refractivity contribution in [2.45, 2.75) is 38.6 Å². The highest BCUT2D eigenvalue weighted by atomic mass is 16.6. The minimum Gasteiger partial charge on any atom is -0.465 e. The Hall–Kier alpha value is -2.11. The molecule has 1 saturated carbocycles. The fourth-order valence-corrected chi connectivity index (χ4v) is 2.88. The summed E-state index contributed by atoms with van der Waals surface area (Å²) in [4.78, 5) is 22.3. The summed E-state index contributed by atoms with van der Waals surface area (Å²) in [5.74, 6) is 0.0212. The maximum Gasteiger partial charge on any atom is 0.337 e. The van der Waals surface area contributed by atoms with Gasteiger partial charge >= 0.3 is 5.97 Å². The zero-order chi connectivity index (χ0) is 15.4. The van der Waals surface area contributed by atoms with Crippen molar-refractivity contribution in [3.8, 4) is 0 Å². The first-order chi connectivity index (χ1) is 10.0. The van der Waals surface area contributed by atoms with E-state index in [0.29, 0.717) is 17.2 Å². The number of esters is 1. The Bertz CT molecular complexity index is 538. The van der Waals surface area contributed by atoms with Crippen LogP contribution in [-0.4, -0.2) is 24.0 Å². The average molecular weight is 292 g/mol. The predicted molar refractivity (Wildman–Crippen MR) is 79.5 cm³/mol. The molecule has 1 aromatic carbocycles. The zero-order valence-electron chi connectivity index (χ0n) is 12.3. The number of ether oxygens (including phenoxy) is 1. The minimum atomic E-state index is -0.499. The Balaban J connectivity index is 2.25. The second kappa shape index (κ2) is 6.56. The fourth-order valence-electron chi connectivity index (χ4n) is 2.88. The first kappa shape index (κ1) is 15.3. The maximum absolute atomic E-state index is 11.6. The molecule has 1 fully saturated rings. The van der Waals surface area contributed by atoms with Crippen molar-refractivity contribution < 1.29 is 14.5 Å². The highest BCUT2D eigenvalue weighted by Gasteiger charge is 2.24. The number of nitro groups is 1. The van der Waals surface area contributed by atoms with Crippen molar-refractivity contribution in [3.05, 3.63) is 33.9 Å². The normalized spacial score (nSPS) is 16.5. The molecule has 0 heterocycles. The van der Waals surface area contributed by atoms with Gasteiger partial charge in [-0.15, -0.1) is 0 Å². The summed E-state index contributed by atoms with van der Waals surface area (Å²) in [5.41, 5.74) is 0.666. The number of carbonyl (C=O) groups excluding carboxylic acids is 1. The molecule has 1 aliphatic carbocycles. The molecule has 0 amide bonds. The van der Waals surface area contributed by atoms with Gasteiger partial charge in [-0.05, 0) is 37.8 Å². The fraction of sp³-hybridized carbons (Fsp3) is 0.533. The highest BCUT2D eigenvalue weighted by molar-refractivity contribution is 5.91. The molecule has 1 aromatic rings. The monoisotopic (exact) mass is 292 g/mol. The molecule has 0 radical (unpaired) electrons. The number of hydrogen-bond acceptors (Lipinski definition) is 5. The van der Waals surface area contributed by atoms with Gasteiger partial charge < -0.3 is 10.1 Å². The van der Waals surface area contributed by atoms with E-state index in [0.717, 1.165) is 12.8 Å². The first-order valence-corrected chi connectivity index (χ1v) is 7.16. The number of nitrogens with one attached hydrogen (secondary N) is 1. The third-order valence-electron chi connectivity index (χ3n) is 4.10. The SMILES string of the molecule is COC(=O)c1ccc([N+](=O)[O-])c(NC(C)C2CCCC2)c1. The van der Waals surface area contributed by atoms with Crippen molar-refractivity contribution in [2.75, 3.05) is 12.4 Å². The third-order valence-corrected chi connectivity index (χ3v) is 4.10. The lowest BCUT2D eigenvalue weighted by Crippen LogP contribution is -2.24. The second-order valence-electron chi connectivity index (χ2n) is 5.46. The Kier molecular flexibility index (Phi) is 4.77. The number of hydrogen-bond donors (Lipinski definition) is 1. The number of nitrogens with zero attached hydrogens (tertiary/aromatic N) is 1. The van der Waals surface area contributed by atoms with E-state index >= 15 is 0 Å². The largest absolute Gasteiger partial charge is 0.465 e. The molecule has 1 aliphatic rings. The molecule has 1 unspecified atom stereocenters. The molecule has 114 valence electrons. The molecule has 0 aliphatic heterocycles. The van der Waals surface area contributed by atoms with Gasteiger partial charge in [-0.25, -0.2) is 4.79 Å². The quantitative estimate of drug-likeness (QED) is 0.511. The summed E-state index contributed by atoms with van der Waals surface area (Å²) in [6, 6.07) is 4.39. The van der Waals surface area contributed by atoms with Gasteiger partial charge in [0.1, 0.15) is 5.69 Å². The molecule has 6 nitrogen and oxygen atoms in total. The summed E-state index contributed by atoms with van der Waals surface area (Å²) >= 11 is 0. The van der Waals surface area contributed by atoms with Gasteiger partial charge in [0.2, 0.25) is 0 Å². The third kappa shape index (κ3) is 3.51. The Labute approximate surface area is 123 Å². The van der Waals surface area contributed by atoms with Crippen molar-refractivity contribution in [1.29, 1.82) is 0 Å². The van der Waals surface area contributed by atoms with Crippen LogP contribution in [0.5, 0.6) is 0 Å². The average Bonchev–Trinajstić information content (AvgIpc) is 3.00. The van der Waals surface area contributed by atoms with E-state index in [-0.39, 0.29) is 11.7 Å². The van der Waals surface area contributed by atoms with Crippen LogP contribution < -0.4 is 5.32 Å². The Morgan fingerprint density at radius 3 is 2.67 bits per heavy atom. The standard InChI is InChI=1S/C15H20N2O4/c1-10(11-5-3-4-6-11)16-13-9-12(15(18)21-2)7-8-14(13)17(19)20/h7-11,16H,3-6H2,1-2H3. The highest BCUT2D eigenvalue weighted by Crippen LogP contribution is 2.32. The summed E-state index contributed by atoms with van der Waals surface area (Å²) in [5, 5.41) is 14.3. The van der Waals surface area contributed by atoms with Crippen LogP contribution in [0.2, 0.25) is 0 Å². The summed E-state index contributed by atoms with van der Waals surface area (Å²) in [7, 11) is 1.29. The van der Waals surface area contributed by atoms with Crippen LogP contribution >= 0.6 is 0 Å². The summed E-state index contributed by atoms with van der Waals surface area (Å²) < 4.78 is 4.66. The van der Waals surface area contributed by atoms with Crippen molar-refractivity contribution in [1.82, 2.24) is 0 Å². The van der Waals surface area contributed by atoms with E-state index in [9.17, 15) is 14.9 Å². The molecular weight excluding hydrogens is 272 g/mol. The second-order valence-corrected chi connectivity index (χ2v) is 5.46. The lowest BCUT2D eigenvalue weighted by molar-refractivity contribution is -0.384. The minimum absolute atomic E-state index is 0.0208. The number of benzene rings is 1. The van der Waals surface area contributed by atoms with Crippen molar-refractivity contribution in [3.63, 3.8) is 0 Å². The van der Waals surface area contributed by atoms with Gasteiger partial charge in [-0.3, -0.25) is 10.1 Å². The molecule has 0 saturated heterocycles. The maximum atomic E-state index is 11.6. The lowest BCUT2D eigenvalue weighted by atomic mass is 9.99. The zero-order valence-corrected chi connectivity index (χ0v) is 12.3. The molecular formula is C15H20N2O4. The van der Waals surface area contributed by atoms with Gasteiger partial charge in [0, 0.05) is 12.1 Å². The van der Waals surface area contributed by atoms with Gasteiger partial charge in [0.05, 0.1) is 17.6 Å². The number of rotatable bonds is 5. The van der Waals surface area contributed by atoms with Crippen LogP contribution in [-0.2, 0) is 4.74 Å². The van der Waals surface area contributed by atoms with Gasteiger partial charge in [0.25, 0.3) is 5.69 Å². The van der Waals surface area contributed by atoms with Crippen LogP contribution in [0.25, 0.3) is 0 Å². The predicted octanol–water partition coefficient (Wildman–Crippen LogP) is 3.37. The first-order valence-electron chi connectivity index (χ1n) is 7.16. The van der Waals surface area contributed by atoms with E-state index in [2.05, 4.69) is 10.1 Å². The van der Waals surface area contributed by atoms with Gasteiger partial charge in [0.15, 0.2) is 0 Å². The van der Waals surface area contributed by atoms with Crippen LogP contribution in [0.1, 0.15) is 43.0 Å². The number of anilines is 1. The molecule has 0 bridgehead atoms. The topological polar surface area (TPSA) is 81.5 Å². The number of methoxy groups -OCH3 is 1. The van der Waals surface area contributed by atoms with Crippen molar-refractivity contribution >= 4 is 17.3 Å². The van der Waals surface area contributed by atoms with E-state index in [1.54, 1.807) is 0 Å². The van der Waals surface area contributed by atoms with E-state index in [1.807, 2.05) is 6.92 Å². The van der Waals surface area contributed by atoms with Crippen LogP contribution in [0.3, 0.4) is 0 Å². The Morgan fingerprint density at radius 2 is 2.10 bits per heavy atom. The van der Waals surface area contributed by atoms with E-state index in [4.69, 9.17) is 0 Å². The molecule has 0 aromatic heterocycles. The smallest absolute Gasteiger partial charge is 0.337 e. The Morgan fingerprint density at radius 1 is 1.43 bits per heavy atom. The molecule has 2 rings (SSSR count). The summed E-state index contributed by atoms with van der Waals surface area (Å²) in [6.45, 7) is 2.03. The summed E-state index contributed by atoms with van der Waals surface area (Å²) in [6.07, 6.45) is 4.69. The van der Waals surface area contributed by atoms with Crippen molar-refractivity contribution in [2.24, 2.45) is 5.92 Å².